The number of guanidine groups is 1. The van der Waals surface area contributed by atoms with E-state index in [2.05, 4.69) is 15.6 Å². The Labute approximate surface area is 129 Å². The Morgan fingerprint density at radius 3 is 2.64 bits per heavy atom. The number of halogens is 3. The molecule has 0 saturated heterocycles. The van der Waals surface area contributed by atoms with E-state index in [4.69, 9.17) is 0 Å². The number of rotatable bonds is 4. The minimum atomic E-state index is -4.31. The van der Waals surface area contributed by atoms with E-state index in [-0.39, 0.29) is 6.54 Å². The Morgan fingerprint density at radius 2 is 2.00 bits per heavy atom. The number of aliphatic imine (C=N–C) groups is 1. The third-order valence-corrected chi connectivity index (χ3v) is 3.71. The van der Waals surface area contributed by atoms with Gasteiger partial charge in [-0.15, -0.1) is 0 Å². The lowest BCUT2D eigenvalue weighted by molar-refractivity contribution is -0.137. The van der Waals surface area contributed by atoms with Crippen molar-refractivity contribution in [2.45, 2.75) is 51.4 Å². The van der Waals surface area contributed by atoms with Crippen molar-refractivity contribution < 1.29 is 13.2 Å². The summed E-state index contributed by atoms with van der Waals surface area (Å²) in [7, 11) is 0. The maximum atomic E-state index is 12.7. The number of nitrogens with zero attached hydrogens (tertiary/aromatic N) is 1. The van der Waals surface area contributed by atoms with Gasteiger partial charge in [-0.05, 0) is 37.5 Å². The molecule has 6 heteroatoms. The van der Waals surface area contributed by atoms with Gasteiger partial charge in [0.1, 0.15) is 0 Å². The van der Waals surface area contributed by atoms with Crippen molar-refractivity contribution in [2.24, 2.45) is 4.99 Å². The molecule has 0 amide bonds. The van der Waals surface area contributed by atoms with E-state index in [0.717, 1.165) is 31.5 Å². The van der Waals surface area contributed by atoms with Crippen molar-refractivity contribution in [3.05, 3.63) is 35.4 Å². The maximum Gasteiger partial charge on any atom is 0.416 e. The zero-order chi connectivity index (χ0) is 16.0. The first-order valence-corrected chi connectivity index (χ1v) is 7.70. The monoisotopic (exact) mass is 313 g/mol. The molecule has 0 bridgehead atoms. The summed E-state index contributed by atoms with van der Waals surface area (Å²) < 4.78 is 38.1. The molecule has 1 aliphatic rings. The fourth-order valence-electron chi connectivity index (χ4n) is 2.60. The maximum absolute atomic E-state index is 12.7. The molecule has 0 unspecified atom stereocenters. The molecule has 1 aliphatic carbocycles. The smallest absolute Gasteiger partial charge is 0.357 e. The van der Waals surface area contributed by atoms with Crippen molar-refractivity contribution >= 4 is 5.96 Å². The first-order valence-electron chi connectivity index (χ1n) is 7.70. The zero-order valence-electron chi connectivity index (χ0n) is 12.7. The topological polar surface area (TPSA) is 36.4 Å². The third kappa shape index (κ3) is 4.93. The highest BCUT2D eigenvalue weighted by Gasteiger charge is 2.30. The highest BCUT2D eigenvalue weighted by molar-refractivity contribution is 5.80. The van der Waals surface area contributed by atoms with Gasteiger partial charge in [-0.2, -0.15) is 13.2 Å². The van der Waals surface area contributed by atoms with Gasteiger partial charge in [0.2, 0.25) is 0 Å². The third-order valence-electron chi connectivity index (χ3n) is 3.71. The average Bonchev–Trinajstić information content (AvgIpc) is 2.97. The number of benzene rings is 1. The molecule has 1 saturated carbocycles. The molecule has 0 radical (unpaired) electrons. The van der Waals surface area contributed by atoms with Crippen LogP contribution in [0.15, 0.2) is 29.3 Å². The Hall–Kier alpha value is -1.72. The molecule has 22 heavy (non-hydrogen) atoms. The minimum Gasteiger partial charge on any atom is -0.357 e. The van der Waals surface area contributed by atoms with E-state index >= 15 is 0 Å². The van der Waals surface area contributed by atoms with Crippen LogP contribution in [0, 0.1) is 0 Å². The molecule has 2 N–H and O–H groups in total. The first-order chi connectivity index (χ1) is 10.5. The summed E-state index contributed by atoms with van der Waals surface area (Å²) in [5.74, 6) is 0.673. The molecular weight excluding hydrogens is 291 g/mol. The minimum absolute atomic E-state index is 0.228. The highest BCUT2D eigenvalue weighted by Crippen LogP contribution is 2.29. The molecule has 1 aromatic carbocycles. The molecule has 2 rings (SSSR count). The molecular formula is C16H22F3N3. The average molecular weight is 313 g/mol. The fraction of sp³-hybridized carbons (Fsp3) is 0.562. The van der Waals surface area contributed by atoms with Crippen molar-refractivity contribution in [3.8, 4) is 0 Å². The Morgan fingerprint density at radius 1 is 1.27 bits per heavy atom. The van der Waals surface area contributed by atoms with Gasteiger partial charge in [0.15, 0.2) is 5.96 Å². The molecule has 0 aromatic heterocycles. The van der Waals surface area contributed by atoms with Crippen molar-refractivity contribution in [1.82, 2.24) is 10.6 Å². The Bertz CT molecular complexity index is 506. The van der Waals surface area contributed by atoms with E-state index in [1.807, 2.05) is 6.92 Å². The van der Waals surface area contributed by atoms with Crippen molar-refractivity contribution in [3.63, 3.8) is 0 Å². The van der Waals surface area contributed by atoms with Crippen molar-refractivity contribution in [1.29, 1.82) is 0 Å². The van der Waals surface area contributed by atoms with Crippen LogP contribution in [0.25, 0.3) is 0 Å². The zero-order valence-corrected chi connectivity index (χ0v) is 12.7. The second-order valence-electron chi connectivity index (χ2n) is 5.52. The van der Waals surface area contributed by atoms with Gasteiger partial charge in [-0.3, -0.25) is 0 Å². The molecule has 1 aromatic rings. The van der Waals surface area contributed by atoms with Gasteiger partial charge in [0.05, 0.1) is 12.1 Å². The van der Waals surface area contributed by atoms with Crippen molar-refractivity contribution in [2.75, 3.05) is 6.54 Å². The van der Waals surface area contributed by atoms with Gasteiger partial charge in [0, 0.05) is 12.6 Å². The predicted molar refractivity (Wildman–Crippen MR) is 81.7 cm³/mol. The van der Waals surface area contributed by atoms with E-state index in [1.165, 1.54) is 18.9 Å². The van der Waals surface area contributed by atoms with Crippen LogP contribution < -0.4 is 10.6 Å². The predicted octanol–water partition coefficient (Wildman–Crippen LogP) is 3.70. The van der Waals surface area contributed by atoms with Gasteiger partial charge >= 0.3 is 6.18 Å². The molecule has 3 nitrogen and oxygen atoms in total. The second kappa shape index (κ2) is 7.51. The largest absolute Gasteiger partial charge is 0.416 e. The summed E-state index contributed by atoms with van der Waals surface area (Å²) >= 11 is 0. The van der Waals surface area contributed by atoms with Gasteiger partial charge in [-0.1, -0.05) is 25.0 Å². The Balaban J connectivity index is 2.03. The van der Waals surface area contributed by atoms with Crippen LogP contribution in [-0.4, -0.2) is 18.5 Å². The second-order valence-corrected chi connectivity index (χ2v) is 5.52. The molecule has 122 valence electrons. The quantitative estimate of drug-likeness (QED) is 0.657. The van der Waals surface area contributed by atoms with Crippen LogP contribution in [-0.2, 0) is 12.7 Å². The van der Waals surface area contributed by atoms with Crippen LogP contribution in [0.2, 0.25) is 0 Å². The Kier molecular flexibility index (Phi) is 5.69. The van der Waals surface area contributed by atoms with Crippen LogP contribution in [0.3, 0.4) is 0 Å². The summed E-state index contributed by atoms with van der Waals surface area (Å²) in [6.07, 6.45) is 0.351. The highest BCUT2D eigenvalue weighted by atomic mass is 19.4. The molecule has 0 atom stereocenters. The first kappa shape index (κ1) is 16.6. The van der Waals surface area contributed by atoms with Crippen LogP contribution in [0.4, 0.5) is 13.2 Å². The van der Waals surface area contributed by atoms with Gasteiger partial charge in [-0.25, -0.2) is 4.99 Å². The summed E-state index contributed by atoms with van der Waals surface area (Å²) in [4.78, 5) is 4.40. The molecule has 0 aliphatic heterocycles. The van der Waals surface area contributed by atoms with E-state index in [0.29, 0.717) is 17.6 Å². The summed E-state index contributed by atoms with van der Waals surface area (Å²) in [6.45, 7) is 2.92. The van der Waals surface area contributed by atoms with Gasteiger partial charge in [0.25, 0.3) is 0 Å². The summed E-state index contributed by atoms with van der Waals surface area (Å²) in [5, 5.41) is 6.49. The van der Waals surface area contributed by atoms with Crippen LogP contribution in [0.1, 0.15) is 43.7 Å². The normalized spacial score (nSPS) is 16.8. The summed E-state index contributed by atoms with van der Waals surface area (Å²) in [6, 6.07) is 5.74. The van der Waals surface area contributed by atoms with Gasteiger partial charge < -0.3 is 10.6 Å². The lowest BCUT2D eigenvalue weighted by atomic mass is 10.1. The van der Waals surface area contributed by atoms with Crippen LogP contribution >= 0.6 is 0 Å². The lowest BCUT2D eigenvalue weighted by Gasteiger charge is -2.16. The lowest BCUT2D eigenvalue weighted by Crippen LogP contribution is -2.42. The molecule has 1 fully saturated rings. The van der Waals surface area contributed by atoms with E-state index < -0.39 is 11.7 Å². The summed E-state index contributed by atoms with van der Waals surface area (Å²) in [5.41, 5.74) is -0.0765. The van der Waals surface area contributed by atoms with E-state index in [9.17, 15) is 13.2 Å². The standard InChI is InChI=1S/C16H22F3N3/c1-2-20-15(22-14-8-3-4-9-14)21-11-12-6-5-7-13(10-12)16(17,18)19/h5-7,10,14H,2-4,8-9,11H2,1H3,(H2,20,21,22). The fourth-order valence-corrected chi connectivity index (χ4v) is 2.60. The number of hydrogen-bond donors (Lipinski definition) is 2. The molecule has 0 heterocycles. The number of hydrogen-bond acceptors (Lipinski definition) is 1. The van der Waals surface area contributed by atoms with E-state index in [1.54, 1.807) is 6.07 Å². The number of nitrogens with one attached hydrogen (secondary N) is 2. The SMILES string of the molecule is CCNC(=NCc1cccc(C(F)(F)F)c1)NC1CCCC1. The molecule has 0 spiro atoms. The number of alkyl halides is 3. The van der Waals surface area contributed by atoms with Crippen LogP contribution in [0.5, 0.6) is 0 Å².